The van der Waals surface area contributed by atoms with Crippen molar-refractivity contribution in [3.63, 3.8) is 0 Å². The second-order valence-corrected chi connectivity index (χ2v) is 7.79. The van der Waals surface area contributed by atoms with E-state index >= 15 is 0 Å². The number of carbonyl (C=O) groups is 1. The van der Waals surface area contributed by atoms with Crippen molar-refractivity contribution >= 4 is 36.3 Å². The van der Waals surface area contributed by atoms with E-state index in [2.05, 4.69) is 9.80 Å². The number of benzene rings is 2. The van der Waals surface area contributed by atoms with Crippen LogP contribution in [0.5, 0.6) is 5.75 Å². The average Bonchev–Trinajstić information content (AvgIpc) is 2.76. The van der Waals surface area contributed by atoms with Crippen LogP contribution in [0.1, 0.15) is 28.8 Å². The number of nitro groups is 1. The molecule has 0 bridgehead atoms. The SMILES string of the molecule is Cc1ccc(OCCN2CCN(CCCC(=O)c3ccc(F)cc3)CC2)c([N+](=O)[O-])c1.Cl.Cl. The Balaban J connectivity index is 0.00000272. The summed E-state index contributed by atoms with van der Waals surface area (Å²) in [4.78, 5) is 27.5. The Hall–Kier alpha value is -2.26. The number of rotatable bonds is 10. The molecule has 0 atom stereocenters. The van der Waals surface area contributed by atoms with Crippen LogP contribution in [0.15, 0.2) is 42.5 Å². The van der Waals surface area contributed by atoms with Crippen LogP contribution in [0, 0.1) is 22.9 Å². The number of ether oxygens (including phenoxy) is 1. The van der Waals surface area contributed by atoms with Gasteiger partial charge < -0.3 is 9.64 Å². The minimum absolute atomic E-state index is 0. The molecule has 0 aromatic heterocycles. The van der Waals surface area contributed by atoms with Crippen molar-refractivity contribution in [3.8, 4) is 5.75 Å². The quantitative estimate of drug-likeness (QED) is 0.270. The summed E-state index contributed by atoms with van der Waals surface area (Å²) in [7, 11) is 0. The lowest BCUT2D eigenvalue weighted by Crippen LogP contribution is -2.47. The summed E-state index contributed by atoms with van der Waals surface area (Å²) in [5, 5.41) is 11.2. The van der Waals surface area contributed by atoms with E-state index in [1.807, 2.05) is 13.0 Å². The summed E-state index contributed by atoms with van der Waals surface area (Å²) >= 11 is 0. The Bertz CT molecular complexity index is 907. The molecular weight excluding hydrogens is 472 g/mol. The predicted octanol–water partition coefficient (Wildman–Crippen LogP) is 4.55. The molecule has 10 heteroatoms. The number of ketones is 1. The van der Waals surface area contributed by atoms with Crippen LogP contribution in [0.4, 0.5) is 10.1 Å². The highest BCUT2D eigenvalue weighted by Crippen LogP contribution is 2.27. The van der Waals surface area contributed by atoms with Crippen molar-refractivity contribution in [1.82, 2.24) is 9.80 Å². The second-order valence-electron chi connectivity index (χ2n) is 7.79. The lowest BCUT2D eigenvalue weighted by atomic mass is 10.1. The molecule has 182 valence electrons. The summed E-state index contributed by atoms with van der Waals surface area (Å²) in [6.07, 6.45) is 1.23. The molecule has 1 aliphatic rings. The molecule has 1 fully saturated rings. The molecule has 1 saturated heterocycles. The first-order chi connectivity index (χ1) is 14.9. The summed E-state index contributed by atoms with van der Waals surface area (Å²) in [6, 6.07) is 10.7. The van der Waals surface area contributed by atoms with Gasteiger partial charge in [0, 0.05) is 50.8 Å². The number of aryl methyl sites for hydroxylation is 1. The highest BCUT2D eigenvalue weighted by atomic mass is 35.5. The van der Waals surface area contributed by atoms with E-state index in [4.69, 9.17) is 4.74 Å². The van der Waals surface area contributed by atoms with Gasteiger partial charge in [0.2, 0.25) is 0 Å². The first kappa shape index (κ1) is 28.8. The van der Waals surface area contributed by atoms with Crippen LogP contribution in [0.25, 0.3) is 0 Å². The van der Waals surface area contributed by atoms with Crippen LogP contribution in [-0.2, 0) is 0 Å². The maximum Gasteiger partial charge on any atom is 0.311 e. The van der Waals surface area contributed by atoms with Gasteiger partial charge in [-0.1, -0.05) is 6.07 Å². The molecule has 3 rings (SSSR count). The largest absolute Gasteiger partial charge is 0.485 e. The second kappa shape index (κ2) is 14.1. The Morgan fingerprint density at radius 1 is 1.03 bits per heavy atom. The summed E-state index contributed by atoms with van der Waals surface area (Å²) in [5.74, 6) is 0.0120. The third kappa shape index (κ3) is 8.89. The molecular formula is C23H30Cl2FN3O4. The average molecular weight is 502 g/mol. The molecule has 1 aliphatic heterocycles. The van der Waals surface area contributed by atoms with Crippen molar-refractivity contribution in [3.05, 3.63) is 69.5 Å². The van der Waals surface area contributed by atoms with Crippen molar-refractivity contribution in [2.75, 3.05) is 45.9 Å². The molecule has 1 heterocycles. The number of hydrogen-bond acceptors (Lipinski definition) is 6. The fourth-order valence-corrected chi connectivity index (χ4v) is 3.66. The number of Topliss-reactive ketones (excluding diaryl/α,β-unsaturated/α-hetero) is 1. The monoisotopic (exact) mass is 501 g/mol. The van der Waals surface area contributed by atoms with Crippen molar-refractivity contribution < 1.29 is 18.8 Å². The fourth-order valence-electron chi connectivity index (χ4n) is 3.66. The zero-order valence-corrected chi connectivity index (χ0v) is 20.2. The van der Waals surface area contributed by atoms with Gasteiger partial charge in [-0.15, -0.1) is 24.8 Å². The van der Waals surface area contributed by atoms with E-state index in [1.165, 1.54) is 30.3 Å². The third-order valence-electron chi connectivity index (χ3n) is 5.49. The van der Waals surface area contributed by atoms with Gasteiger partial charge >= 0.3 is 5.69 Å². The first-order valence-electron chi connectivity index (χ1n) is 10.5. The Labute approximate surface area is 205 Å². The summed E-state index contributed by atoms with van der Waals surface area (Å²) < 4.78 is 18.6. The molecule has 0 unspecified atom stereocenters. The molecule has 0 saturated carbocycles. The Morgan fingerprint density at radius 2 is 1.64 bits per heavy atom. The lowest BCUT2D eigenvalue weighted by Gasteiger charge is -2.34. The molecule has 0 aliphatic carbocycles. The van der Waals surface area contributed by atoms with Gasteiger partial charge in [0.15, 0.2) is 11.5 Å². The third-order valence-corrected chi connectivity index (χ3v) is 5.49. The molecule has 0 spiro atoms. The molecule has 0 radical (unpaired) electrons. The molecule has 0 N–H and O–H groups in total. The van der Waals surface area contributed by atoms with Crippen LogP contribution >= 0.6 is 24.8 Å². The van der Waals surface area contributed by atoms with E-state index in [-0.39, 0.29) is 42.1 Å². The maximum atomic E-state index is 12.9. The smallest absolute Gasteiger partial charge is 0.311 e. The molecule has 2 aromatic carbocycles. The topological polar surface area (TPSA) is 75.9 Å². The number of nitrogens with zero attached hydrogens (tertiary/aromatic N) is 3. The van der Waals surface area contributed by atoms with Gasteiger partial charge in [-0.05, 0) is 55.8 Å². The van der Waals surface area contributed by atoms with E-state index in [1.54, 1.807) is 6.07 Å². The first-order valence-corrected chi connectivity index (χ1v) is 10.5. The van der Waals surface area contributed by atoms with Crippen LogP contribution in [0.3, 0.4) is 0 Å². The Kier molecular flexibility index (Phi) is 12.3. The van der Waals surface area contributed by atoms with Crippen LogP contribution in [0.2, 0.25) is 0 Å². The fraction of sp³-hybridized carbons (Fsp3) is 0.435. The number of nitro benzene ring substituents is 1. The van der Waals surface area contributed by atoms with Gasteiger partial charge in [-0.25, -0.2) is 4.39 Å². The number of halogens is 3. The molecule has 7 nitrogen and oxygen atoms in total. The predicted molar refractivity (Wildman–Crippen MR) is 131 cm³/mol. The summed E-state index contributed by atoms with van der Waals surface area (Å²) in [6.45, 7) is 7.39. The number of carbonyl (C=O) groups excluding carboxylic acids is 1. The molecule has 0 amide bonds. The van der Waals surface area contributed by atoms with E-state index < -0.39 is 4.92 Å². The molecule has 33 heavy (non-hydrogen) atoms. The normalized spacial score (nSPS) is 14.1. The zero-order chi connectivity index (χ0) is 22.2. The zero-order valence-electron chi connectivity index (χ0n) is 18.6. The minimum Gasteiger partial charge on any atom is -0.485 e. The van der Waals surface area contributed by atoms with E-state index in [9.17, 15) is 19.3 Å². The van der Waals surface area contributed by atoms with Crippen molar-refractivity contribution in [2.24, 2.45) is 0 Å². The van der Waals surface area contributed by atoms with Crippen LogP contribution in [-0.4, -0.2) is 66.4 Å². The number of hydrogen-bond donors (Lipinski definition) is 0. The van der Waals surface area contributed by atoms with E-state index in [0.717, 1.165) is 44.7 Å². The highest BCUT2D eigenvalue weighted by Gasteiger charge is 2.19. The highest BCUT2D eigenvalue weighted by molar-refractivity contribution is 5.95. The summed E-state index contributed by atoms with van der Waals surface area (Å²) in [5.41, 5.74) is 1.38. The van der Waals surface area contributed by atoms with Gasteiger partial charge in [0.1, 0.15) is 12.4 Å². The van der Waals surface area contributed by atoms with Gasteiger partial charge in [-0.3, -0.25) is 19.8 Å². The number of piperazine rings is 1. The van der Waals surface area contributed by atoms with Crippen LogP contribution < -0.4 is 4.74 Å². The van der Waals surface area contributed by atoms with Gasteiger partial charge in [0.25, 0.3) is 0 Å². The Morgan fingerprint density at radius 3 is 2.24 bits per heavy atom. The van der Waals surface area contributed by atoms with Gasteiger partial charge in [0.05, 0.1) is 4.92 Å². The van der Waals surface area contributed by atoms with Crippen molar-refractivity contribution in [2.45, 2.75) is 19.8 Å². The van der Waals surface area contributed by atoms with Crippen molar-refractivity contribution in [1.29, 1.82) is 0 Å². The lowest BCUT2D eigenvalue weighted by molar-refractivity contribution is -0.385. The standard InChI is InChI=1S/C23H28FN3O4.2ClH/c1-18-4-9-23(21(17-18)27(29)30)31-16-15-26-13-11-25(12-14-26)10-2-3-22(28)19-5-7-20(24)8-6-19;;/h4-9,17H,2-3,10-16H2,1H3;2*1H. The molecule has 2 aromatic rings. The maximum absolute atomic E-state index is 12.9. The van der Waals surface area contributed by atoms with E-state index in [0.29, 0.717) is 30.9 Å². The minimum atomic E-state index is -0.415. The van der Waals surface area contributed by atoms with Gasteiger partial charge in [-0.2, -0.15) is 0 Å².